The molecule has 6 bridgehead atoms. The minimum Gasteiger partial charge on any atom is -0.496 e. The first-order chi connectivity index (χ1) is 69.8. The number of aliphatic hydroxyl groups excluding tert-OH is 5. The summed E-state index contributed by atoms with van der Waals surface area (Å²) in [6.07, 6.45) is 5.40. The number of hydrogen-bond donors (Lipinski definition) is 12. The highest BCUT2D eigenvalue weighted by atomic mass is 16.7. The Hall–Kier alpha value is -8.38. The summed E-state index contributed by atoms with van der Waals surface area (Å²) in [5.74, 6) is 6.26. The van der Waals surface area contributed by atoms with Gasteiger partial charge in [-0.1, -0.05) is 146 Å². The highest BCUT2D eigenvalue weighted by molar-refractivity contribution is 5.98. The van der Waals surface area contributed by atoms with Crippen LogP contribution in [0, 0.1) is 99.1 Å². The predicted molar refractivity (Wildman–Crippen MR) is 590 cm³/mol. The van der Waals surface area contributed by atoms with Gasteiger partial charge in [-0.05, 0) is 251 Å². The molecule has 3 saturated heterocycles. The molecule has 4 amide bonds. The van der Waals surface area contributed by atoms with Gasteiger partial charge in [0.15, 0.2) is 0 Å². The Bertz CT molecular complexity index is 5400. The van der Waals surface area contributed by atoms with Crippen LogP contribution in [0.25, 0.3) is 27.8 Å². The Morgan fingerprint density at radius 1 is 0.486 bits per heavy atom. The second kappa shape index (κ2) is 48.9. The van der Waals surface area contributed by atoms with Crippen LogP contribution in [0.5, 0.6) is 11.5 Å². The molecule has 0 radical (unpaired) electrons. The van der Waals surface area contributed by atoms with Gasteiger partial charge in [0.1, 0.15) is 41.8 Å². The molecule has 5 aromatic rings. The van der Waals surface area contributed by atoms with Gasteiger partial charge in [-0.3, -0.25) is 44.3 Å². The van der Waals surface area contributed by atoms with Crippen LogP contribution in [0.3, 0.4) is 0 Å². The van der Waals surface area contributed by atoms with E-state index in [0.29, 0.717) is 137 Å². The molecule has 18 rings (SSSR count). The SMILES string of the molecule is CNC(=O)c1cc(-c2cccc(CN3O[C@@H](CNC(C)C)[C@@H]([C@H](C)O)[C@H]3C(=O)N[C@H]3C[C@H]4C[C@@H]([C@@H]3C)C4(C)C)c2OC)cc(N(C)C)c1.CNC(=O)c1cc(C2=C(OC)C(CN3O[C@@H](CN(C)C)[C@@H]([C@H](C)O)[C@H]3C(=O)N[C@H]3C[C@H]4C[C@@H]([C@@H]3C)C4(C)C)=CCC2)cc(N(C)C)c1.CNC(O)c1cc(-c2cccc(CN3O[C@@H](CN(CC(C)C)CC(C)C)[C@@H]([C@H](C)O)[C@H]3C(O)N[C@H]3C[C@H]4C[C@@H]([C@@H]3C)C4(C)C)c2OC)cc(N(C)C)c1. The van der Waals surface area contributed by atoms with Gasteiger partial charge in [0, 0.05) is 193 Å². The Kier molecular flexibility index (Phi) is 38.6. The Morgan fingerprint density at radius 2 is 0.905 bits per heavy atom. The van der Waals surface area contributed by atoms with Gasteiger partial charge in [0.2, 0.25) is 11.8 Å². The van der Waals surface area contributed by atoms with E-state index in [1.807, 2.05) is 161 Å². The van der Waals surface area contributed by atoms with Crippen molar-refractivity contribution in [3.63, 3.8) is 0 Å². The minimum atomic E-state index is -0.909. The molecule has 30 heteroatoms. The van der Waals surface area contributed by atoms with E-state index in [0.717, 1.165) is 124 Å². The minimum absolute atomic E-state index is 0.0819. The summed E-state index contributed by atoms with van der Waals surface area (Å²) in [5, 5.41) is 84.7. The van der Waals surface area contributed by atoms with Gasteiger partial charge in [-0.25, -0.2) is 0 Å². The van der Waals surface area contributed by atoms with E-state index in [2.05, 4.69) is 170 Å². The number of carbonyl (C=O) groups is 4. The first-order valence-electron chi connectivity index (χ1n) is 54.9. The van der Waals surface area contributed by atoms with Crippen LogP contribution in [0.15, 0.2) is 108 Å². The van der Waals surface area contributed by atoms with Crippen molar-refractivity contribution in [3.8, 4) is 33.8 Å². The molecule has 12 fully saturated rings. The van der Waals surface area contributed by atoms with Gasteiger partial charge >= 0.3 is 0 Å². The summed E-state index contributed by atoms with van der Waals surface area (Å²) < 4.78 is 18.3. The number of rotatable bonds is 40. The van der Waals surface area contributed by atoms with Crippen molar-refractivity contribution in [1.82, 2.24) is 62.2 Å². The molecular weight excluding hydrogens is 1870 g/mol. The van der Waals surface area contributed by atoms with Crippen molar-refractivity contribution >= 4 is 46.3 Å². The number of aliphatic hydroxyl groups is 5. The second-order valence-electron chi connectivity index (χ2n) is 48.8. The van der Waals surface area contributed by atoms with Crippen LogP contribution in [0.2, 0.25) is 0 Å². The summed E-state index contributed by atoms with van der Waals surface area (Å²) >= 11 is 0. The molecule has 13 aliphatic rings. The van der Waals surface area contributed by atoms with Crippen LogP contribution in [-0.4, -0.2) is 297 Å². The van der Waals surface area contributed by atoms with Crippen molar-refractivity contribution in [1.29, 1.82) is 0 Å². The van der Waals surface area contributed by atoms with Crippen LogP contribution < -0.4 is 61.4 Å². The lowest BCUT2D eigenvalue weighted by atomic mass is 9.44. The van der Waals surface area contributed by atoms with Gasteiger partial charge in [0.05, 0.1) is 83.6 Å². The third-order valence-electron chi connectivity index (χ3n) is 35.8. The Morgan fingerprint density at radius 3 is 1.32 bits per heavy atom. The zero-order valence-corrected chi connectivity index (χ0v) is 95.2. The average Bonchev–Trinajstić information content (AvgIpc) is 0.870. The Balaban J connectivity index is 0.000000186. The van der Waals surface area contributed by atoms with Gasteiger partial charge < -0.3 is 90.8 Å². The van der Waals surface area contributed by atoms with Crippen molar-refractivity contribution in [2.75, 3.05) is 153 Å². The zero-order valence-electron chi connectivity index (χ0n) is 95.2. The van der Waals surface area contributed by atoms with E-state index >= 15 is 0 Å². The van der Waals surface area contributed by atoms with E-state index in [-0.39, 0.29) is 72.5 Å². The quantitative estimate of drug-likeness (QED) is 0.0162. The zero-order chi connectivity index (χ0) is 108. The van der Waals surface area contributed by atoms with Crippen LogP contribution in [0.1, 0.15) is 225 Å². The summed E-state index contributed by atoms with van der Waals surface area (Å²) in [4.78, 5) is 84.7. The molecular formula is C118H185N15O15. The van der Waals surface area contributed by atoms with E-state index in [1.54, 1.807) is 66.4 Å². The predicted octanol–water partition coefficient (Wildman–Crippen LogP) is 14.1. The van der Waals surface area contributed by atoms with E-state index in [4.69, 9.17) is 28.7 Å². The maximum absolute atomic E-state index is 14.4. The molecule has 2 unspecified atom stereocenters. The molecule has 822 valence electrons. The number of amides is 4. The fraction of sp³-hybridized carbons (Fsp3) is 0.678. The molecule has 3 aliphatic heterocycles. The van der Waals surface area contributed by atoms with Crippen molar-refractivity contribution in [3.05, 3.63) is 142 Å². The third-order valence-corrected chi connectivity index (χ3v) is 35.8. The standard InChI is InChI=1S/C43H71N5O5.C38H57N5O5.C37H57N5O5/c1-25(2)21-47(22-26(3)4)24-37-38(28(6)49)39(42(51)45-36-20-32-19-35(27(36)5)43(32,7)8)48(53-37)23-29-14-13-15-34(40(29)52-12)30-16-31(41(50)44-9)18-33(17-30)46(10)11;1-21(2)40-19-32-33(23(4)44)34(37(46)41-31-18-27-17-30(22(31)3)38(27,5)6)43(48-32)20-24-12-11-13-29(35(24)47-10)25-14-26(36(45)39-7)16-28(15-25)42(8)9;1-21-29-17-26(37(29,3)4)18-30(21)39-36(45)33-32(22(2)43)31(20-40(6)7)47-42(33)19-23-12-11-13-28(34(23)46-10)24-14-25(35(44)38-5)16-27(15-24)41(8)9/h13-18,25-28,32,35-39,41-42,44-45,49-51H,19-24H2,1-12H3;11-16,21-23,27,30-34,40,44H,17-20H2,1-10H3,(H,39,45)(H,41,46);12,14-16,21-22,26,29-33,43H,11,13,17-20H2,1-10H3,(H,38,44)(H,39,45)/t27-,28-,32+,35-,36-,37-,38+,39-,41?,42?;22-,23-,27+,30-,31-,32-,33+,34-;21-,22-,26+,29-,30-,31-,32+,33-/m000/s1. The van der Waals surface area contributed by atoms with E-state index in [9.17, 15) is 44.7 Å². The number of fused-ring (bicyclic) bond motifs is 6. The number of carbonyl (C=O) groups excluding carboxylic acids is 4. The van der Waals surface area contributed by atoms with Gasteiger partial charge in [-0.2, -0.15) is 15.2 Å². The maximum Gasteiger partial charge on any atom is 0.251 e. The summed E-state index contributed by atoms with van der Waals surface area (Å²) in [7, 11) is 25.7. The lowest BCUT2D eigenvalue weighted by Gasteiger charge is -2.62. The van der Waals surface area contributed by atoms with Crippen molar-refractivity contribution in [2.45, 2.75) is 280 Å². The highest BCUT2D eigenvalue weighted by Crippen LogP contribution is 2.64. The average molecular weight is 2050 g/mol. The number of anilines is 3. The fourth-order valence-corrected chi connectivity index (χ4v) is 27.2. The lowest BCUT2D eigenvalue weighted by Crippen LogP contribution is -2.63. The number of ether oxygens (including phenoxy) is 3. The molecule has 26 atom stereocenters. The number of hydroxylamine groups is 6. The first kappa shape index (κ1) is 117. The number of hydrogen-bond acceptors (Lipinski definition) is 26. The summed E-state index contributed by atoms with van der Waals surface area (Å²) in [5.41, 5.74) is 13.7. The molecule has 5 aromatic carbocycles. The third kappa shape index (κ3) is 25.3. The van der Waals surface area contributed by atoms with Crippen molar-refractivity contribution < 1.29 is 73.4 Å². The Labute approximate surface area is 884 Å². The number of nitrogens with zero attached hydrogens (tertiary/aromatic N) is 8. The number of likely N-dealkylation sites (N-methyl/N-ethyl adjacent to an activating group) is 1. The van der Waals surface area contributed by atoms with E-state index in [1.165, 1.54) is 19.3 Å². The summed E-state index contributed by atoms with van der Waals surface area (Å²) in [6, 6.07) is 28.5. The molecule has 10 aliphatic carbocycles. The molecule has 3 heterocycles. The summed E-state index contributed by atoms with van der Waals surface area (Å²) in [6.45, 7) is 44.2. The highest BCUT2D eigenvalue weighted by Gasteiger charge is 2.62. The van der Waals surface area contributed by atoms with Crippen molar-refractivity contribution in [2.24, 2.45) is 99.1 Å². The second-order valence-corrected chi connectivity index (χ2v) is 48.8. The van der Waals surface area contributed by atoms with Crippen LogP contribution >= 0.6 is 0 Å². The topological polar surface area (TPSA) is 335 Å². The molecule has 9 saturated carbocycles. The van der Waals surface area contributed by atoms with Crippen LogP contribution in [0.4, 0.5) is 17.1 Å². The van der Waals surface area contributed by atoms with Gasteiger partial charge in [-0.15, -0.1) is 0 Å². The normalized spacial score (nSPS) is 29.3. The largest absolute Gasteiger partial charge is 0.496 e. The number of para-hydroxylation sites is 2. The van der Waals surface area contributed by atoms with E-state index < -0.39 is 66.8 Å². The smallest absolute Gasteiger partial charge is 0.251 e. The number of methoxy groups -OCH3 is 3. The fourth-order valence-electron chi connectivity index (χ4n) is 27.2. The first-order valence-corrected chi connectivity index (χ1v) is 54.9. The van der Waals surface area contributed by atoms with Crippen LogP contribution in [-0.2, 0) is 41.9 Å². The van der Waals surface area contributed by atoms with Gasteiger partial charge in [0.25, 0.3) is 11.8 Å². The monoisotopic (exact) mass is 2050 g/mol. The number of allylic oxidation sites excluding steroid dienone is 2. The maximum atomic E-state index is 14.4. The molecule has 12 N–H and O–H groups in total. The molecule has 0 spiro atoms. The molecule has 148 heavy (non-hydrogen) atoms. The number of nitrogens with one attached hydrogen (secondary N) is 7. The lowest BCUT2D eigenvalue weighted by molar-refractivity contribution is -0.192. The molecule has 30 nitrogen and oxygen atoms in total. The molecule has 0 aromatic heterocycles. The number of benzene rings is 5.